The molecule has 6 nitrogen and oxygen atoms in total. The van der Waals surface area contributed by atoms with Gasteiger partial charge in [0, 0.05) is 13.6 Å². The lowest BCUT2D eigenvalue weighted by atomic mass is 10.4. The third-order valence-electron chi connectivity index (χ3n) is 1.39. The van der Waals surface area contributed by atoms with Crippen LogP contribution in [0, 0.1) is 0 Å². The fourth-order valence-corrected chi connectivity index (χ4v) is 0.782. The van der Waals surface area contributed by atoms with E-state index >= 15 is 0 Å². The number of carbonyl (C=O) groups excluding carboxylic acids is 1. The predicted molar refractivity (Wildman–Crippen MR) is 45.0 cm³/mol. The molecule has 1 amide bonds. The molecule has 1 heterocycles. The van der Waals surface area contributed by atoms with Gasteiger partial charge in [-0.25, -0.2) is 0 Å². The van der Waals surface area contributed by atoms with Gasteiger partial charge in [-0.05, 0) is 6.92 Å². The summed E-state index contributed by atoms with van der Waals surface area (Å²) < 4.78 is 1.44. The van der Waals surface area contributed by atoms with E-state index in [-0.39, 0.29) is 18.1 Å². The highest BCUT2D eigenvalue weighted by Gasteiger charge is 2.09. The number of rotatable bonds is 3. The Hall–Kier alpha value is -1.43. The van der Waals surface area contributed by atoms with Crippen LogP contribution in [0.15, 0.2) is 6.20 Å². The van der Waals surface area contributed by atoms with Gasteiger partial charge in [-0.15, -0.1) is 5.10 Å². The van der Waals surface area contributed by atoms with Crippen molar-refractivity contribution in [1.29, 1.82) is 0 Å². The van der Waals surface area contributed by atoms with E-state index < -0.39 is 6.10 Å². The molecule has 2 N–H and O–H groups in total. The number of carbonyl (C=O) groups is 1. The topological polar surface area (TPSA) is 80.0 Å². The second kappa shape index (κ2) is 3.99. The highest BCUT2D eigenvalue weighted by atomic mass is 16.3. The molecule has 0 fully saturated rings. The van der Waals surface area contributed by atoms with Crippen LogP contribution in [0.2, 0.25) is 0 Å². The van der Waals surface area contributed by atoms with E-state index in [2.05, 4.69) is 15.6 Å². The molecule has 0 saturated heterocycles. The van der Waals surface area contributed by atoms with Crippen molar-refractivity contribution >= 4 is 5.91 Å². The highest BCUT2D eigenvalue weighted by molar-refractivity contribution is 5.91. The number of hydrogen-bond donors (Lipinski definition) is 2. The second-order valence-corrected chi connectivity index (χ2v) is 2.84. The van der Waals surface area contributed by atoms with Crippen molar-refractivity contribution in [3.8, 4) is 0 Å². The average Bonchev–Trinajstić information content (AvgIpc) is 2.47. The van der Waals surface area contributed by atoms with E-state index in [1.807, 2.05) is 0 Å². The van der Waals surface area contributed by atoms with E-state index in [1.165, 1.54) is 10.9 Å². The molecule has 0 bridgehead atoms. The van der Waals surface area contributed by atoms with Crippen LogP contribution >= 0.6 is 0 Å². The van der Waals surface area contributed by atoms with Gasteiger partial charge in [0.15, 0.2) is 5.69 Å². The Morgan fingerprint density at radius 3 is 3.00 bits per heavy atom. The van der Waals surface area contributed by atoms with Crippen molar-refractivity contribution in [2.75, 3.05) is 6.54 Å². The maximum Gasteiger partial charge on any atom is 0.273 e. The summed E-state index contributed by atoms with van der Waals surface area (Å²) >= 11 is 0. The SMILES string of the molecule is CC(O)CNC(=O)c1cn(C)nn1. The van der Waals surface area contributed by atoms with E-state index in [4.69, 9.17) is 5.11 Å². The molecule has 0 aromatic carbocycles. The third kappa shape index (κ3) is 2.83. The minimum Gasteiger partial charge on any atom is -0.392 e. The monoisotopic (exact) mass is 184 g/mol. The van der Waals surface area contributed by atoms with Crippen LogP contribution in [0.5, 0.6) is 0 Å². The largest absolute Gasteiger partial charge is 0.392 e. The fraction of sp³-hybridized carbons (Fsp3) is 0.571. The molecule has 1 rings (SSSR count). The molecule has 1 atom stereocenters. The highest BCUT2D eigenvalue weighted by Crippen LogP contribution is 1.90. The van der Waals surface area contributed by atoms with Crippen molar-refractivity contribution in [3.63, 3.8) is 0 Å². The zero-order valence-electron chi connectivity index (χ0n) is 7.56. The molecule has 0 saturated carbocycles. The first-order valence-electron chi connectivity index (χ1n) is 3.92. The molecule has 0 aliphatic rings. The minimum absolute atomic E-state index is 0.218. The first-order valence-corrected chi connectivity index (χ1v) is 3.92. The van der Waals surface area contributed by atoms with Crippen LogP contribution in [0.25, 0.3) is 0 Å². The number of nitrogens with zero attached hydrogens (tertiary/aromatic N) is 3. The Morgan fingerprint density at radius 2 is 2.54 bits per heavy atom. The van der Waals surface area contributed by atoms with Crippen LogP contribution in [-0.4, -0.2) is 38.7 Å². The normalized spacial score (nSPS) is 12.5. The summed E-state index contributed by atoms with van der Waals surface area (Å²) in [5.74, 6) is -0.325. The number of nitrogens with one attached hydrogen (secondary N) is 1. The second-order valence-electron chi connectivity index (χ2n) is 2.84. The standard InChI is InChI=1S/C7H12N4O2/c1-5(12)3-8-7(13)6-4-11(2)10-9-6/h4-5,12H,3H2,1-2H3,(H,8,13). The Bertz CT molecular complexity index is 294. The lowest BCUT2D eigenvalue weighted by Crippen LogP contribution is -2.30. The van der Waals surface area contributed by atoms with Crippen LogP contribution in [-0.2, 0) is 7.05 Å². The molecule has 1 aromatic rings. The van der Waals surface area contributed by atoms with Crippen molar-refractivity contribution in [1.82, 2.24) is 20.3 Å². The summed E-state index contributed by atoms with van der Waals surface area (Å²) in [6.45, 7) is 1.81. The molecule has 13 heavy (non-hydrogen) atoms. The van der Waals surface area contributed by atoms with Gasteiger partial charge in [-0.1, -0.05) is 5.21 Å². The maximum absolute atomic E-state index is 11.2. The van der Waals surface area contributed by atoms with Crippen LogP contribution in [0.1, 0.15) is 17.4 Å². The molecule has 72 valence electrons. The Balaban J connectivity index is 2.49. The minimum atomic E-state index is -0.555. The average molecular weight is 184 g/mol. The lowest BCUT2D eigenvalue weighted by molar-refractivity contribution is 0.0919. The fourth-order valence-electron chi connectivity index (χ4n) is 0.782. The quantitative estimate of drug-likeness (QED) is 0.626. The Kier molecular flexibility index (Phi) is 2.97. The Labute approximate surface area is 75.6 Å². The molecule has 0 aliphatic heterocycles. The van der Waals surface area contributed by atoms with Gasteiger partial charge in [-0.3, -0.25) is 9.48 Å². The molecule has 1 unspecified atom stereocenters. The molecule has 1 aromatic heterocycles. The zero-order valence-corrected chi connectivity index (χ0v) is 7.56. The molecule has 0 aliphatic carbocycles. The summed E-state index contributed by atoms with van der Waals surface area (Å²) in [4.78, 5) is 11.2. The summed E-state index contributed by atoms with van der Waals surface area (Å²) in [6, 6.07) is 0. The molecular weight excluding hydrogens is 172 g/mol. The summed E-state index contributed by atoms with van der Waals surface area (Å²) in [6.07, 6.45) is 0.956. The lowest BCUT2D eigenvalue weighted by Gasteiger charge is -2.03. The van der Waals surface area contributed by atoms with E-state index in [9.17, 15) is 4.79 Å². The number of aliphatic hydroxyl groups excluding tert-OH is 1. The number of aromatic nitrogens is 3. The smallest absolute Gasteiger partial charge is 0.273 e. The van der Waals surface area contributed by atoms with Gasteiger partial charge in [0.05, 0.1) is 12.3 Å². The first-order chi connectivity index (χ1) is 6.09. The van der Waals surface area contributed by atoms with Crippen molar-refractivity contribution < 1.29 is 9.90 Å². The van der Waals surface area contributed by atoms with Gasteiger partial charge in [-0.2, -0.15) is 0 Å². The van der Waals surface area contributed by atoms with Crippen molar-refractivity contribution in [3.05, 3.63) is 11.9 Å². The summed E-state index contributed by atoms with van der Waals surface area (Å²) in [5.41, 5.74) is 0.253. The number of amides is 1. The Morgan fingerprint density at radius 1 is 1.85 bits per heavy atom. The molecule has 0 radical (unpaired) electrons. The summed E-state index contributed by atoms with van der Waals surface area (Å²) in [5, 5.41) is 18.6. The molecular formula is C7H12N4O2. The third-order valence-corrected chi connectivity index (χ3v) is 1.39. The zero-order chi connectivity index (χ0) is 9.84. The first kappa shape index (κ1) is 9.66. The van der Waals surface area contributed by atoms with Crippen molar-refractivity contribution in [2.45, 2.75) is 13.0 Å². The van der Waals surface area contributed by atoms with Gasteiger partial charge in [0.2, 0.25) is 0 Å². The van der Waals surface area contributed by atoms with Gasteiger partial charge >= 0.3 is 0 Å². The van der Waals surface area contributed by atoms with Crippen LogP contribution in [0.3, 0.4) is 0 Å². The van der Waals surface area contributed by atoms with E-state index in [0.717, 1.165) is 0 Å². The van der Waals surface area contributed by atoms with Crippen molar-refractivity contribution in [2.24, 2.45) is 7.05 Å². The van der Waals surface area contributed by atoms with E-state index in [0.29, 0.717) is 0 Å². The van der Waals surface area contributed by atoms with Gasteiger partial charge in [0.25, 0.3) is 5.91 Å². The number of aliphatic hydroxyl groups is 1. The number of aryl methyl sites for hydroxylation is 1. The summed E-state index contributed by atoms with van der Waals surface area (Å²) in [7, 11) is 1.68. The van der Waals surface area contributed by atoms with Gasteiger partial charge in [0.1, 0.15) is 0 Å². The van der Waals surface area contributed by atoms with Gasteiger partial charge < -0.3 is 10.4 Å². The van der Waals surface area contributed by atoms with Crippen LogP contribution < -0.4 is 5.32 Å². The predicted octanol–water partition coefficient (Wildman–Crippen LogP) is -1.07. The maximum atomic E-state index is 11.2. The van der Waals surface area contributed by atoms with Crippen LogP contribution in [0.4, 0.5) is 0 Å². The van der Waals surface area contributed by atoms with E-state index in [1.54, 1.807) is 14.0 Å². The number of hydrogen-bond acceptors (Lipinski definition) is 4. The molecule has 0 spiro atoms. The molecule has 6 heteroatoms.